The molecule has 1 saturated heterocycles. The lowest BCUT2D eigenvalue weighted by atomic mass is 10.1. The molecule has 3 N–H and O–H groups in total. The van der Waals surface area contributed by atoms with Crippen molar-refractivity contribution in [2.75, 3.05) is 13.1 Å². The Bertz CT molecular complexity index is 165. The number of rotatable bonds is 0. The van der Waals surface area contributed by atoms with E-state index in [1.165, 1.54) is 0 Å². The van der Waals surface area contributed by atoms with Crippen molar-refractivity contribution in [1.82, 2.24) is 4.90 Å². The predicted octanol–water partition coefficient (Wildman–Crippen LogP) is 0.0355. The molecular formula is C6H11FN2O2. The van der Waals surface area contributed by atoms with Crippen LogP contribution in [0.1, 0.15) is 6.42 Å². The largest absolute Gasteiger partial charge is 0.465 e. The molecule has 0 saturated carbocycles. The van der Waals surface area contributed by atoms with Crippen molar-refractivity contribution in [2.24, 2.45) is 5.73 Å². The zero-order chi connectivity index (χ0) is 8.43. The molecule has 1 heterocycles. The van der Waals surface area contributed by atoms with Crippen molar-refractivity contribution in [3.05, 3.63) is 0 Å². The summed E-state index contributed by atoms with van der Waals surface area (Å²) in [6.07, 6.45) is -1.87. The van der Waals surface area contributed by atoms with E-state index in [0.717, 1.165) is 4.90 Å². The fourth-order valence-electron chi connectivity index (χ4n) is 1.10. The quantitative estimate of drug-likeness (QED) is 0.528. The summed E-state index contributed by atoms with van der Waals surface area (Å²) in [6.45, 7) is 0.257. The Kier molecular flexibility index (Phi) is 2.28. The van der Waals surface area contributed by atoms with Crippen LogP contribution in [0.2, 0.25) is 0 Å². The van der Waals surface area contributed by atoms with Crippen LogP contribution < -0.4 is 5.73 Å². The summed E-state index contributed by atoms with van der Waals surface area (Å²) in [5, 5.41) is 8.46. The van der Waals surface area contributed by atoms with E-state index in [0.29, 0.717) is 13.0 Å². The molecule has 0 aromatic rings. The summed E-state index contributed by atoms with van der Waals surface area (Å²) in [6, 6.07) is -0.495. The van der Waals surface area contributed by atoms with Crippen LogP contribution in [0.15, 0.2) is 0 Å². The topological polar surface area (TPSA) is 66.6 Å². The lowest BCUT2D eigenvalue weighted by Crippen LogP contribution is -2.50. The van der Waals surface area contributed by atoms with Crippen LogP contribution >= 0.6 is 0 Å². The monoisotopic (exact) mass is 162 g/mol. The molecule has 1 rings (SSSR count). The van der Waals surface area contributed by atoms with Crippen molar-refractivity contribution in [1.29, 1.82) is 0 Å². The minimum atomic E-state index is -1.21. The lowest BCUT2D eigenvalue weighted by Gasteiger charge is -2.30. The van der Waals surface area contributed by atoms with Gasteiger partial charge in [-0.25, -0.2) is 9.18 Å². The van der Waals surface area contributed by atoms with Crippen molar-refractivity contribution in [2.45, 2.75) is 18.6 Å². The van der Waals surface area contributed by atoms with E-state index in [1.807, 2.05) is 0 Å². The number of nitrogens with two attached hydrogens (primary N) is 1. The van der Waals surface area contributed by atoms with Crippen LogP contribution in [0, 0.1) is 0 Å². The van der Waals surface area contributed by atoms with Gasteiger partial charge in [0.05, 0.1) is 6.54 Å². The van der Waals surface area contributed by atoms with Gasteiger partial charge in [-0.05, 0) is 6.42 Å². The summed E-state index contributed by atoms with van der Waals surface area (Å²) in [5.41, 5.74) is 5.35. The van der Waals surface area contributed by atoms with Gasteiger partial charge in [-0.1, -0.05) is 0 Å². The standard InChI is InChI=1S/C6H11FN2O2/c7-4-3-9(6(10)11)2-1-5(4)8/h4-5H,1-3,8H2,(H,10,11). The Hall–Kier alpha value is -0.840. The number of hydrogen-bond donors (Lipinski definition) is 2. The summed E-state index contributed by atoms with van der Waals surface area (Å²) in [5.74, 6) is 0. The number of hydrogen-bond acceptors (Lipinski definition) is 2. The Morgan fingerprint density at radius 3 is 2.82 bits per heavy atom. The molecule has 1 amide bonds. The molecule has 0 aromatic carbocycles. The first-order valence-electron chi connectivity index (χ1n) is 3.49. The predicted molar refractivity (Wildman–Crippen MR) is 37.1 cm³/mol. The second kappa shape index (κ2) is 3.04. The highest BCUT2D eigenvalue weighted by atomic mass is 19.1. The fourth-order valence-corrected chi connectivity index (χ4v) is 1.10. The zero-order valence-corrected chi connectivity index (χ0v) is 6.03. The number of carbonyl (C=O) groups is 1. The summed E-state index contributed by atoms with van der Waals surface area (Å²) in [4.78, 5) is 11.4. The van der Waals surface area contributed by atoms with Crippen molar-refractivity contribution in [3.63, 3.8) is 0 Å². The SMILES string of the molecule is NC1CCN(C(=O)O)CC1F. The first-order valence-corrected chi connectivity index (χ1v) is 3.49. The molecule has 64 valence electrons. The van der Waals surface area contributed by atoms with Crippen LogP contribution in [0.3, 0.4) is 0 Å². The van der Waals surface area contributed by atoms with Gasteiger partial charge in [0.15, 0.2) is 0 Å². The van der Waals surface area contributed by atoms with Gasteiger partial charge < -0.3 is 15.7 Å². The molecule has 11 heavy (non-hydrogen) atoms. The highest BCUT2D eigenvalue weighted by Crippen LogP contribution is 2.11. The third-order valence-electron chi connectivity index (χ3n) is 1.86. The maximum atomic E-state index is 12.8. The van der Waals surface area contributed by atoms with Gasteiger partial charge in [-0.15, -0.1) is 0 Å². The van der Waals surface area contributed by atoms with E-state index in [1.54, 1.807) is 0 Å². The summed E-state index contributed by atoms with van der Waals surface area (Å²) in [7, 11) is 0. The molecule has 2 atom stereocenters. The average Bonchev–Trinajstić information content (AvgIpc) is 1.94. The number of halogens is 1. The molecule has 0 bridgehead atoms. The molecule has 0 aliphatic carbocycles. The summed E-state index contributed by atoms with van der Waals surface area (Å²) >= 11 is 0. The smallest absolute Gasteiger partial charge is 0.407 e. The Balaban J connectivity index is 2.46. The van der Waals surface area contributed by atoms with Gasteiger partial charge in [0, 0.05) is 12.6 Å². The molecule has 5 heteroatoms. The first kappa shape index (κ1) is 8.26. The molecule has 0 radical (unpaired) electrons. The second-order valence-electron chi connectivity index (χ2n) is 2.70. The van der Waals surface area contributed by atoms with E-state index >= 15 is 0 Å². The normalized spacial score (nSPS) is 32.0. The van der Waals surface area contributed by atoms with E-state index in [9.17, 15) is 9.18 Å². The molecular weight excluding hydrogens is 151 g/mol. The zero-order valence-electron chi connectivity index (χ0n) is 6.03. The number of likely N-dealkylation sites (tertiary alicyclic amines) is 1. The Morgan fingerprint density at radius 1 is 1.73 bits per heavy atom. The van der Waals surface area contributed by atoms with Crippen LogP contribution in [-0.4, -0.2) is 41.4 Å². The van der Waals surface area contributed by atoms with Gasteiger partial charge in [-0.3, -0.25) is 0 Å². The molecule has 4 nitrogen and oxygen atoms in total. The highest BCUT2D eigenvalue weighted by Gasteiger charge is 2.28. The molecule has 1 fully saturated rings. The van der Waals surface area contributed by atoms with Crippen LogP contribution in [0.4, 0.5) is 9.18 Å². The summed E-state index contributed by atoms with van der Waals surface area (Å²) < 4.78 is 12.8. The number of nitrogens with zero attached hydrogens (tertiary/aromatic N) is 1. The molecule has 1 aliphatic heterocycles. The minimum absolute atomic E-state index is 0.0868. The van der Waals surface area contributed by atoms with Crippen molar-refractivity contribution < 1.29 is 14.3 Å². The first-order chi connectivity index (χ1) is 5.11. The Labute approximate surface area is 63.8 Å². The molecule has 2 unspecified atom stereocenters. The highest BCUT2D eigenvalue weighted by molar-refractivity contribution is 5.65. The van der Waals surface area contributed by atoms with Crippen LogP contribution in [0.25, 0.3) is 0 Å². The maximum Gasteiger partial charge on any atom is 0.407 e. The fraction of sp³-hybridized carbons (Fsp3) is 0.833. The molecule has 0 aromatic heterocycles. The number of carboxylic acid groups (broad SMARTS) is 1. The van der Waals surface area contributed by atoms with E-state index in [4.69, 9.17) is 10.8 Å². The van der Waals surface area contributed by atoms with Gasteiger partial charge >= 0.3 is 6.09 Å². The Morgan fingerprint density at radius 2 is 2.36 bits per heavy atom. The van der Waals surface area contributed by atoms with Gasteiger partial charge in [-0.2, -0.15) is 0 Å². The number of amides is 1. The average molecular weight is 162 g/mol. The van der Waals surface area contributed by atoms with E-state index in [-0.39, 0.29) is 6.54 Å². The van der Waals surface area contributed by atoms with Gasteiger partial charge in [0.1, 0.15) is 6.17 Å². The minimum Gasteiger partial charge on any atom is -0.465 e. The number of piperidine rings is 1. The number of alkyl halides is 1. The van der Waals surface area contributed by atoms with Crippen molar-refractivity contribution in [3.8, 4) is 0 Å². The van der Waals surface area contributed by atoms with Crippen molar-refractivity contribution >= 4 is 6.09 Å². The van der Waals surface area contributed by atoms with Crippen LogP contribution in [-0.2, 0) is 0 Å². The maximum absolute atomic E-state index is 12.8. The molecule has 1 aliphatic rings. The van der Waals surface area contributed by atoms with E-state index < -0.39 is 18.3 Å². The van der Waals surface area contributed by atoms with Gasteiger partial charge in [0.25, 0.3) is 0 Å². The molecule has 0 spiro atoms. The third kappa shape index (κ3) is 1.80. The van der Waals surface area contributed by atoms with Gasteiger partial charge in [0.2, 0.25) is 0 Å². The third-order valence-corrected chi connectivity index (χ3v) is 1.86. The second-order valence-corrected chi connectivity index (χ2v) is 2.70. The van der Waals surface area contributed by atoms with E-state index in [2.05, 4.69) is 0 Å². The van der Waals surface area contributed by atoms with Crippen LogP contribution in [0.5, 0.6) is 0 Å². The lowest BCUT2D eigenvalue weighted by molar-refractivity contribution is 0.0976.